The van der Waals surface area contributed by atoms with Crippen LogP contribution in [0.25, 0.3) is 10.2 Å². The summed E-state index contributed by atoms with van der Waals surface area (Å²) < 4.78 is 3.05. The minimum Gasteiger partial charge on any atom is -0.409 e. The Morgan fingerprint density at radius 3 is 3.08 bits per heavy atom. The molecule has 0 bridgehead atoms. The van der Waals surface area contributed by atoms with Crippen molar-refractivity contribution in [2.75, 3.05) is 0 Å². The van der Waals surface area contributed by atoms with E-state index in [1.807, 2.05) is 29.1 Å². The maximum Gasteiger partial charge on any atom is 0.186 e. The molecular formula is C8H9N3OS. The molecule has 0 spiro atoms. The zero-order chi connectivity index (χ0) is 9.42. The molecule has 13 heavy (non-hydrogen) atoms. The van der Waals surface area contributed by atoms with Crippen LogP contribution in [0.4, 0.5) is 0 Å². The number of hydrogen-bond acceptors (Lipinski definition) is 3. The maximum absolute atomic E-state index is 8.53. The lowest BCUT2D eigenvalue weighted by Crippen LogP contribution is -2.16. The van der Waals surface area contributed by atoms with Crippen LogP contribution in [0.15, 0.2) is 22.7 Å². The predicted molar refractivity (Wildman–Crippen MR) is 53.3 cm³/mol. The zero-order valence-corrected chi connectivity index (χ0v) is 7.88. The highest BCUT2D eigenvalue weighted by molar-refractivity contribution is 7.17. The summed E-state index contributed by atoms with van der Waals surface area (Å²) in [7, 11) is 1.89. The normalized spacial score (nSPS) is 12.5. The number of hydrogen-bond donors (Lipinski definition) is 2. The van der Waals surface area contributed by atoms with Gasteiger partial charge in [-0.15, -0.1) is 11.3 Å². The van der Waals surface area contributed by atoms with Crippen LogP contribution in [0.3, 0.4) is 0 Å². The second-order valence-corrected chi connectivity index (χ2v) is 3.69. The van der Waals surface area contributed by atoms with Crippen molar-refractivity contribution in [2.24, 2.45) is 17.9 Å². The molecule has 0 aliphatic rings. The molecule has 0 aliphatic carbocycles. The second-order valence-electron chi connectivity index (χ2n) is 2.74. The third-order valence-electron chi connectivity index (χ3n) is 2.03. The van der Waals surface area contributed by atoms with E-state index < -0.39 is 0 Å². The average molecular weight is 195 g/mol. The minimum absolute atomic E-state index is 0.144. The molecule has 68 valence electrons. The largest absolute Gasteiger partial charge is 0.409 e. The van der Waals surface area contributed by atoms with Crippen molar-refractivity contribution in [1.82, 2.24) is 4.57 Å². The van der Waals surface area contributed by atoms with Crippen LogP contribution in [0.2, 0.25) is 0 Å². The number of amidine groups is 1. The molecule has 3 N–H and O–H groups in total. The first kappa shape index (κ1) is 8.12. The summed E-state index contributed by atoms with van der Waals surface area (Å²) in [6.07, 6.45) is 0. The van der Waals surface area contributed by atoms with Gasteiger partial charge in [-0.2, -0.15) is 0 Å². The third kappa shape index (κ3) is 1.08. The first-order valence-corrected chi connectivity index (χ1v) is 4.63. The van der Waals surface area contributed by atoms with Gasteiger partial charge < -0.3 is 15.5 Å². The standard InChI is InChI=1S/C8H9N3OS/c1-11-5-2-3-13-7(5)4-6(11)8(9)10-12/h2-4,12H,1H3,(H2,9,10). The van der Waals surface area contributed by atoms with E-state index >= 15 is 0 Å². The molecule has 4 nitrogen and oxygen atoms in total. The van der Waals surface area contributed by atoms with Gasteiger partial charge in [0.1, 0.15) is 0 Å². The highest BCUT2D eigenvalue weighted by Gasteiger charge is 2.09. The number of nitrogens with two attached hydrogens (primary N) is 1. The van der Waals surface area contributed by atoms with Gasteiger partial charge in [0, 0.05) is 7.05 Å². The number of aryl methyl sites for hydroxylation is 1. The van der Waals surface area contributed by atoms with Crippen LogP contribution in [0.5, 0.6) is 0 Å². The van der Waals surface area contributed by atoms with Gasteiger partial charge in [0.2, 0.25) is 0 Å². The number of rotatable bonds is 1. The number of oxime groups is 1. The molecule has 2 aromatic rings. The Bertz CT molecular complexity index is 469. The van der Waals surface area contributed by atoms with Gasteiger partial charge in [0.25, 0.3) is 0 Å². The first-order valence-electron chi connectivity index (χ1n) is 3.75. The number of fused-ring (bicyclic) bond motifs is 1. The van der Waals surface area contributed by atoms with Gasteiger partial charge in [0.05, 0.1) is 15.9 Å². The molecule has 2 aromatic heterocycles. The van der Waals surface area contributed by atoms with Crippen LogP contribution in [-0.2, 0) is 7.05 Å². The van der Waals surface area contributed by atoms with Crippen molar-refractivity contribution in [2.45, 2.75) is 0 Å². The van der Waals surface area contributed by atoms with Gasteiger partial charge in [0.15, 0.2) is 5.84 Å². The zero-order valence-electron chi connectivity index (χ0n) is 7.06. The van der Waals surface area contributed by atoms with Crippen molar-refractivity contribution in [3.63, 3.8) is 0 Å². The van der Waals surface area contributed by atoms with Crippen LogP contribution >= 0.6 is 11.3 Å². The lowest BCUT2D eigenvalue weighted by molar-refractivity contribution is 0.318. The lowest BCUT2D eigenvalue weighted by Gasteiger charge is -1.99. The topological polar surface area (TPSA) is 63.5 Å². The van der Waals surface area contributed by atoms with E-state index in [1.165, 1.54) is 0 Å². The summed E-state index contributed by atoms with van der Waals surface area (Å²) in [4.78, 5) is 0. The van der Waals surface area contributed by atoms with Crippen LogP contribution in [0.1, 0.15) is 5.69 Å². The van der Waals surface area contributed by atoms with E-state index in [-0.39, 0.29) is 5.84 Å². The summed E-state index contributed by atoms with van der Waals surface area (Å²) in [5, 5.41) is 13.5. The molecule has 0 radical (unpaired) electrons. The summed E-state index contributed by atoms with van der Waals surface area (Å²) in [5.74, 6) is 0.144. The van der Waals surface area contributed by atoms with E-state index in [1.54, 1.807) is 11.3 Å². The van der Waals surface area contributed by atoms with Gasteiger partial charge in [-0.1, -0.05) is 5.16 Å². The van der Waals surface area contributed by atoms with Crippen molar-refractivity contribution < 1.29 is 5.21 Å². The Kier molecular flexibility index (Phi) is 1.73. The third-order valence-corrected chi connectivity index (χ3v) is 2.89. The molecule has 2 rings (SSSR count). The van der Waals surface area contributed by atoms with Crippen LogP contribution < -0.4 is 5.73 Å². The number of nitrogens with zero attached hydrogens (tertiary/aromatic N) is 2. The van der Waals surface area contributed by atoms with Crippen molar-refractivity contribution in [3.8, 4) is 0 Å². The molecule has 0 saturated carbocycles. The van der Waals surface area contributed by atoms with Gasteiger partial charge >= 0.3 is 0 Å². The Labute approximate surface area is 78.9 Å². The monoisotopic (exact) mass is 195 g/mol. The van der Waals surface area contributed by atoms with Gasteiger partial charge in [-0.25, -0.2) is 0 Å². The highest BCUT2D eigenvalue weighted by atomic mass is 32.1. The fourth-order valence-electron chi connectivity index (χ4n) is 1.35. The molecule has 0 atom stereocenters. The summed E-state index contributed by atoms with van der Waals surface area (Å²) in [6, 6.07) is 3.92. The van der Waals surface area contributed by atoms with Crippen molar-refractivity contribution in [1.29, 1.82) is 0 Å². The van der Waals surface area contributed by atoms with Crippen molar-refractivity contribution in [3.05, 3.63) is 23.2 Å². The summed E-state index contributed by atoms with van der Waals surface area (Å²) >= 11 is 1.64. The molecule has 2 heterocycles. The molecular weight excluding hydrogens is 186 g/mol. The summed E-state index contributed by atoms with van der Waals surface area (Å²) in [5.41, 5.74) is 7.35. The number of aromatic nitrogens is 1. The quantitative estimate of drug-likeness (QED) is 0.312. The van der Waals surface area contributed by atoms with E-state index in [9.17, 15) is 0 Å². The fourth-order valence-corrected chi connectivity index (χ4v) is 2.20. The molecule has 0 saturated heterocycles. The van der Waals surface area contributed by atoms with E-state index in [0.717, 1.165) is 15.9 Å². The molecule has 5 heteroatoms. The Hall–Kier alpha value is -1.49. The van der Waals surface area contributed by atoms with Crippen LogP contribution in [0, 0.1) is 0 Å². The van der Waals surface area contributed by atoms with E-state index in [0.29, 0.717) is 0 Å². The Balaban J connectivity index is 2.71. The SMILES string of the molecule is Cn1c(/C(N)=N/O)cc2sccc21. The van der Waals surface area contributed by atoms with Crippen LogP contribution in [-0.4, -0.2) is 15.6 Å². The van der Waals surface area contributed by atoms with Gasteiger partial charge in [-0.3, -0.25) is 0 Å². The minimum atomic E-state index is 0.144. The summed E-state index contributed by atoms with van der Waals surface area (Å²) in [6.45, 7) is 0. The second kappa shape index (κ2) is 2.77. The lowest BCUT2D eigenvalue weighted by atomic mass is 10.4. The number of thiophene rings is 1. The Morgan fingerprint density at radius 1 is 1.69 bits per heavy atom. The fraction of sp³-hybridized carbons (Fsp3) is 0.125. The molecule has 0 amide bonds. The maximum atomic E-state index is 8.53. The highest BCUT2D eigenvalue weighted by Crippen LogP contribution is 2.23. The van der Waals surface area contributed by atoms with Crippen molar-refractivity contribution >= 4 is 27.4 Å². The van der Waals surface area contributed by atoms with E-state index in [4.69, 9.17) is 10.9 Å². The molecule has 0 aromatic carbocycles. The predicted octanol–water partition coefficient (Wildman–Crippen LogP) is 1.33. The first-order chi connectivity index (χ1) is 6.24. The van der Waals surface area contributed by atoms with Gasteiger partial charge in [-0.05, 0) is 17.5 Å². The molecule has 0 unspecified atom stereocenters. The molecule has 0 fully saturated rings. The smallest absolute Gasteiger partial charge is 0.186 e. The Morgan fingerprint density at radius 2 is 2.46 bits per heavy atom. The molecule has 0 aliphatic heterocycles. The average Bonchev–Trinajstić information content (AvgIpc) is 2.68. The van der Waals surface area contributed by atoms with E-state index in [2.05, 4.69) is 5.16 Å².